The van der Waals surface area contributed by atoms with E-state index >= 15 is 0 Å². The molecule has 19 heavy (non-hydrogen) atoms. The van der Waals surface area contributed by atoms with Crippen LogP contribution in [-0.4, -0.2) is 36.7 Å². The van der Waals surface area contributed by atoms with Gasteiger partial charge in [0.1, 0.15) is 0 Å². The van der Waals surface area contributed by atoms with Gasteiger partial charge in [0.15, 0.2) is 0 Å². The number of amides is 1. The number of carboxylic acids is 1. The van der Waals surface area contributed by atoms with E-state index in [1.807, 2.05) is 12.2 Å². The number of carbonyl (C=O) groups excluding carboxylic acids is 1. The van der Waals surface area contributed by atoms with Gasteiger partial charge in [-0.15, -0.1) is 0 Å². The topological polar surface area (TPSA) is 75.6 Å². The molecule has 3 rings (SSSR count). The summed E-state index contributed by atoms with van der Waals surface area (Å²) in [5.41, 5.74) is 0.0157. The summed E-state index contributed by atoms with van der Waals surface area (Å²) in [6.07, 6.45) is 4.76. The Morgan fingerprint density at radius 1 is 1.32 bits per heavy atom. The van der Waals surface area contributed by atoms with Crippen LogP contribution in [0.15, 0.2) is 12.2 Å². The third kappa shape index (κ3) is 2.06. The average Bonchev–Trinajstić information content (AvgIpc) is 2.93. The molecule has 0 spiro atoms. The van der Waals surface area contributed by atoms with Crippen molar-refractivity contribution >= 4 is 11.9 Å². The van der Waals surface area contributed by atoms with Gasteiger partial charge in [0, 0.05) is 12.0 Å². The van der Waals surface area contributed by atoms with Crippen molar-refractivity contribution in [2.45, 2.75) is 13.3 Å². The molecular weight excluding hydrogens is 246 g/mol. The molecule has 2 aliphatic carbocycles. The normalized spacial score (nSPS) is 37.9. The van der Waals surface area contributed by atoms with E-state index in [4.69, 9.17) is 4.74 Å². The van der Waals surface area contributed by atoms with Crippen LogP contribution >= 0.6 is 0 Å². The minimum absolute atomic E-state index is 0.0157. The van der Waals surface area contributed by atoms with E-state index in [1.165, 1.54) is 0 Å². The van der Waals surface area contributed by atoms with Gasteiger partial charge in [-0.05, 0) is 18.3 Å². The zero-order chi connectivity index (χ0) is 13.6. The van der Waals surface area contributed by atoms with E-state index in [1.54, 1.807) is 0 Å². The molecule has 0 aromatic heterocycles. The maximum absolute atomic E-state index is 12.3. The molecule has 1 heterocycles. The molecule has 2 unspecified atom stereocenters. The molecule has 5 heteroatoms. The number of aliphatic carboxylic acids is 1. The van der Waals surface area contributed by atoms with Gasteiger partial charge in [-0.3, -0.25) is 9.59 Å². The van der Waals surface area contributed by atoms with Crippen LogP contribution in [0.1, 0.15) is 13.3 Å². The lowest BCUT2D eigenvalue weighted by molar-refractivity contribution is -0.148. The predicted octanol–water partition coefficient (Wildman–Crippen LogP) is 0.662. The fourth-order valence-corrected chi connectivity index (χ4v) is 3.49. The molecule has 2 N–H and O–H groups in total. The number of carboxylic acid groups (broad SMARTS) is 1. The van der Waals surface area contributed by atoms with Crippen molar-refractivity contribution in [1.29, 1.82) is 0 Å². The SMILES string of the molecule is CC1(CNC(=O)[C@H]2C3C=CC(C3)[C@H]2C(=O)O)COC1. The highest BCUT2D eigenvalue weighted by Gasteiger charge is 2.51. The van der Waals surface area contributed by atoms with Gasteiger partial charge in [0.25, 0.3) is 0 Å². The minimum atomic E-state index is -0.852. The van der Waals surface area contributed by atoms with E-state index in [2.05, 4.69) is 12.2 Å². The van der Waals surface area contributed by atoms with Crippen molar-refractivity contribution in [2.24, 2.45) is 29.1 Å². The fourth-order valence-electron chi connectivity index (χ4n) is 3.49. The second-order valence-corrected chi connectivity index (χ2v) is 6.36. The number of fused-ring (bicyclic) bond motifs is 2. The first kappa shape index (κ1) is 12.7. The summed E-state index contributed by atoms with van der Waals surface area (Å²) in [6, 6.07) is 0. The maximum Gasteiger partial charge on any atom is 0.307 e. The smallest absolute Gasteiger partial charge is 0.307 e. The van der Waals surface area contributed by atoms with Crippen LogP contribution in [0.3, 0.4) is 0 Å². The van der Waals surface area contributed by atoms with Crippen molar-refractivity contribution in [2.75, 3.05) is 19.8 Å². The van der Waals surface area contributed by atoms with E-state index in [9.17, 15) is 14.7 Å². The molecule has 1 saturated carbocycles. The van der Waals surface area contributed by atoms with Gasteiger partial charge in [0.2, 0.25) is 5.91 Å². The van der Waals surface area contributed by atoms with Crippen LogP contribution < -0.4 is 5.32 Å². The van der Waals surface area contributed by atoms with E-state index in [-0.39, 0.29) is 23.2 Å². The van der Waals surface area contributed by atoms with Crippen molar-refractivity contribution in [3.8, 4) is 0 Å². The summed E-state index contributed by atoms with van der Waals surface area (Å²) >= 11 is 0. The predicted molar refractivity (Wildman–Crippen MR) is 67.3 cm³/mol. The van der Waals surface area contributed by atoms with Crippen molar-refractivity contribution < 1.29 is 19.4 Å². The summed E-state index contributed by atoms with van der Waals surface area (Å²) in [4.78, 5) is 23.6. The molecule has 0 aromatic rings. The number of rotatable bonds is 4. The first-order chi connectivity index (χ1) is 9.00. The molecule has 1 amide bonds. The van der Waals surface area contributed by atoms with Gasteiger partial charge in [-0.2, -0.15) is 0 Å². The minimum Gasteiger partial charge on any atom is -0.481 e. The van der Waals surface area contributed by atoms with Crippen LogP contribution in [-0.2, 0) is 14.3 Å². The molecule has 2 fully saturated rings. The van der Waals surface area contributed by atoms with Crippen molar-refractivity contribution in [3.05, 3.63) is 12.2 Å². The third-order valence-corrected chi connectivity index (χ3v) is 4.64. The van der Waals surface area contributed by atoms with Crippen LogP contribution in [0.25, 0.3) is 0 Å². The number of allylic oxidation sites excluding steroid dienone is 2. The number of carbonyl (C=O) groups is 2. The maximum atomic E-state index is 12.3. The second-order valence-electron chi connectivity index (χ2n) is 6.36. The lowest BCUT2D eigenvalue weighted by atomic mass is 9.82. The third-order valence-electron chi connectivity index (χ3n) is 4.64. The van der Waals surface area contributed by atoms with Gasteiger partial charge in [0.05, 0.1) is 25.0 Å². The lowest BCUT2D eigenvalue weighted by Crippen LogP contribution is -2.50. The highest BCUT2D eigenvalue weighted by molar-refractivity contribution is 5.86. The summed E-state index contributed by atoms with van der Waals surface area (Å²) in [7, 11) is 0. The number of hydrogen-bond donors (Lipinski definition) is 2. The van der Waals surface area contributed by atoms with Crippen molar-refractivity contribution in [3.63, 3.8) is 0 Å². The zero-order valence-electron chi connectivity index (χ0n) is 11.0. The quantitative estimate of drug-likeness (QED) is 0.732. The first-order valence-corrected chi connectivity index (χ1v) is 6.77. The average molecular weight is 265 g/mol. The Morgan fingerprint density at radius 3 is 2.47 bits per heavy atom. The Labute approximate surface area is 112 Å². The zero-order valence-corrected chi connectivity index (χ0v) is 11.0. The monoisotopic (exact) mass is 265 g/mol. The number of nitrogens with one attached hydrogen (secondary N) is 1. The summed E-state index contributed by atoms with van der Waals surface area (Å²) in [5.74, 6) is -1.80. The standard InChI is InChI=1S/C14H19NO4/c1-14(6-19-7-14)5-15-12(16)10-8-2-3-9(4-8)11(10)13(17)18/h2-3,8-11H,4-7H2,1H3,(H,15,16)(H,17,18)/t8?,9?,10-,11+/m0/s1. The highest BCUT2D eigenvalue weighted by Crippen LogP contribution is 2.48. The molecule has 1 saturated heterocycles. The van der Waals surface area contributed by atoms with Gasteiger partial charge < -0.3 is 15.2 Å². The fraction of sp³-hybridized carbons (Fsp3) is 0.714. The van der Waals surface area contributed by atoms with Crippen LogP contribution in [0.4, 0.5) is 0 Å². The van der Waals surface area contributed by atoms with Crippen LogP contribution in [0.5, 0.6) is 0 Å². The summed E-state index contributed by atoms with van der Waals surface area (Å²) in [6.45, 7) is 3.94. The Balaban J connectivity index is 1.65. The second kappa shape index (κ2) is 4.34. The Kier molecular flexibility index (Phi) is 2.89. The van der Waals surface area contributed by atoms with Crippen LogP contribution in [0, 0.1) is 29.1 Å². The molecule has 104 valence electrons. The van der Waals surface area contributed by atoms with Gasteiger partial charge in [-0.25, -0.2) is 0 Å². The van der Waals surface area contributed by atoms with Gasteiger partial charge in [-0.1, -0.05) is 19.1 Å². The molecule has 3 aliphatic rings. The molecule has 0 radical (unpaired) electrons. The Bertz CT molecular complexity index is 441. The molecule has 0 aromatic carbocycles. The Morgan fingerprint density at radius 2 is 1.95 bits per heavy atom. The molecular formula is C14H19NO4. The van der Waals surface area contributed by atoms with Crippen LogP contribution in [0.2, 0.25) is 0 Å². The van der Waals surface area contributed by atoms with E-state index < -0.39 is 17.8 Å². The molecule has 2 bridgehead atoms. The molecule has 5 nitrogen and oxygen atoms in total. The highest BCUT2D eigenvalue weighted by atomic mass is 16.5. The van der Waals surface area contributed by atoms with E-state index in [0.29, 0.717) is 19.8 Å². The first-order valence-electron chi connectivity index (χ1n) is 6.77. The number of ether oxygens (including phenoxy) is 1. The largest absolute Gasteiger partial charge is 0.481 e. The molecule has 4 atom stereocenters. The summed E-state index contributed by atoms with van der Waals surface area (Å²) < 4.78 is 5.15. The lowest BCUT2D eigenvalue weighted by Gasteiger charge is -2.38. The Hall–Kier alpha value is -1.36. The summed E-state index contributed by atoms with van der Waals surface area (Å²) in [5, 5.41) is 12.2. The number of hydrogen-bond acceptors (Lipinski definition) is 3. The van der Waals surface area contributed by atoms with Crippen molar-refractivity contribution in [1.82, 2.24) is 5.32 Å². The van der Waals surface area contributed by atoms with Gasteiger partial charge >= 0.3 is 5.97 Å². The van der Waals surface area contributed by atoms with E-state index in [0.717, 1.165) is 6.42 Å². The molecule has 1 aliphatic heterocycles.